The maximum atomic E-state index is 12.8. The topological polar surface area (TPSA) is 62.5 Å². The fraction of sp³-hybridized carbons (Fsp3) is 0.435. The fourth-order valence-electron chi connectivity index (χ4n) is 4.53. The van der Waals surface area contributed by atoms with E-state index in [0.29, 0.717) is 11.3 Å². The van der Waals surface area contributed by atoms with Crippen molar-refractivity contribution in [3.8, 4) is 0 Å². The molecular weight excluding hydrogens is 362 g/mol. The minimum absolute atomic E-state index is 0.197. The minimum atomic E-state index is -0.197. The van der Waals surface area contributed by atoms with Gasteiger partial charge in [0.1, 0.15) is 0 Å². The fourth-order valence-corrected chi connectivity index (χ4v) is 4.53. The van der Waals surface area contributed by atoms with Crippen LogP contribution in [-0.4, -0.2) is 44.5 Å². The van der Waals surface area contributed by atoms with Crippen molar-refractivity contribution in [3.63, 3.8) is 0 Å². The number of nitrogens with one attached hydrogen (secondary N) is 1. The minimum Gasteiger partial charge on any atom is -0.321 e. The number of amides is 1. The van der Waals surface area contributed by atoms with E-state index >= 15 is 0 Å². The van der Waals surface area contributed by atoms with E-state index in [-0.39, 0.29) is 5.91 Å². The maximum Gasteiger partial charge on any atom is 0.276 e. The van der Waals surface area contributed by atoms with Crippen LogP contribution in [0.15, 0.2) is 30.3 Å². The van der Waals surface area contributed by atoms with Crippen LogP contribution in [0, 0.1) is 13.8 Å². The van der Waals surface area contributed by atoms with E-state index in [0.717, 1.165) is 49.0 Å². The molecule has 1 N–H and O–H groups in total. The number of hydrogen-bond acceptors (Lipinski definition) is 4. The third-order valence-corrected chi connectivity index (χ3v) is 6.36. The van der Waals surface area contributed by atoms with Gasteiger partial charge in [0.05, 0.1) is 0 Å². The van der Waals surface area contributed by atoms with Crippen LogP contribution in [0.3, 0.4) is 0 Å². The average Bonchev–Trinajstić information content (AvgIpc) is 2.97. The number of rotatable bonds is 3. The molecule has 0 radical (unpaired) electrons. The summed E-state index contributed by atoms with van der Waals surface area (Å²) in [5.41, 5.74) is 6.57. The molecule has 1 saturated carbocycles. The Morgan fingerprint density at radius 3 is 2.62 bits per heavy atom. The lowest BCUT2D eigenvalue weighted by Crippen LogP contribution is -2.41. The zero-order valence-corrected chi connectivity index (χ0v) is 17.1. The second kappa shape index (κ2) is 7.26. The lowest BCUT2D eigenvalue weighted by molar-refractivity contribution is 0.102. The molecule has 2 aromatic heterocycles. The summed E-state index contributed by atoms with van der Waals surface area (Å²) in [6.45, 7) is 6.18. The predicted molar refractivity (Wildman–Crippen MR) is 113 cm³/mol. The van der Waals surface area contributed by atoms with Crippen molar-refractivity contribution in [1.82, 2.24) is 19.5 Å². The van der Waals surface area contributed by atoms with Gasteiger partial charge < -0.3 is 5.32 Å². The molecule has 5 rings (SSSR count). The van der Waals surface area contributed by atoms with Gasteiger partial charge in [-0.05, 0) is 68.9 Å². The van der Waals surface area contributed by atoms with Gasteiger partial charge in [0, 0.05) is 42.3 Å². The number of anilines is 1. The molecule has 0 atom stereocenters. The Morgan fingerprint density at radius 1 is 1.07 bits per heavy atom. The highest BCUT2D eigenvalue weighted by Gasteiger charge is 2.26. The Balaban J connectivity index is 1.33. The van der Waals surface area contributed by atoms with E-state index in [1.54, 1.807) is 10.6 Å². The third-order valence-electron chi connectivity index (χ3n) is 6.36. The normalized spacial score (nSPS) is 17.6. The highest BCUT2D eigenvalue weighted by molar-refractivity contribution is 6.03. The van der Waals surface area contributed by atoms with E-state index in [4.69, 9.17) is 0 Å². The summed E-state index contributed by atoms with van der Waals surface area (Å²) in [4.78, 5) is 19.9. The molecule has 150 valence electrons. The van der Waals surface area contributed by atoms with Crippen LogP contribution < -0.4 is 5.32 Å². The molecule has 0 spiro atoms. The van der Waals surface area contributed by atoms with Gasteiger partial charge >= 0.3 is 0 Å². The van der Waals surface area contributed by atoms with Gasteiger partial charge in [-0.15, -0.1) is 0 Å². The van der Waals surface area contributed by atoms with E-state index in [9.17, 15) is 4.79 Å². The molecule has 2 aliphatic rings. The quantitative estimate of drug-likeness (QED) is 0.744. The Labute approximate surface area is 170 Å². The number of nitrogens with zero attached hydrogens (tertiary/aromatic N) is 4. The highest BCUT2D eigenvalue weighted by Crippen LogP contribution is 2.28. The molecule has 1 amide bonds. The largest absolute Gasteiger partial charge is 0.321 e. The molecule has 3 aromatic rings. The number of aryl methyl sites for hydroxylation is 2. The first-order valence-electron chi connectivity index (χ1n) is 10.6. The first-order valence-corrected chi connectivity index (χ1v) is 10.6. The SMILES string of the molecule is Cc1cc(C)n2nc(C(=O)Nc3ccc4c(c3)CCN(C3CCC3)CC4)cc2n1. The van der Waals surface area contributed by atoms with Crippen LogP contribution in [0.4, 0.5) is 5.69 Å². The monoisotopic (exact) mass is 389 g/mol. The molecule has 3 heterocycles. The van der Waals surface area contributed by atoms with Gasteiger partial charge in [0.2, 0.25) is 0 Å². The van der Waals surface area contributed by atoms with Crippen molar-refractivity contribution in [3.05, 3.63) is 58.5 Å². The lowest BCUT2D eigenvalue weighted by atomic mass is 9.91. The van der Waals surface area contributed by atoms with Gasteiger partial charge in [-0.2, -0.15) is 5.10 Å². The molecule has 6 nitrogen and oxygen atoms in total. The summed E-state index contributed by atoms with van der Waals surface area (Å²) in [5.74, 6) is -0.197. The van der Waals surface area contributed by atoms with Crippen LogP contribution in [0.5, 0.6) is 0 Å². The van der Waals surface area contributed by atoms with Gasteiger partial charge in [0.15, 0.2) is 11.3 Å². The van der Waals surface area contributed by atoms with E-state index in [2.05, 4.69) is 32.4 Å². The van der Waals surface area contributed by atoms with Crippen LogP contribution in [0.25, 0.3) is 5.65 Å². The Kier molecular flexibility index (Phi) is 4.59. The third kappa shape index (κ3) is 3.53. The van der Waals surface area contributed by atoms with Crippen LogP contribution in [0.2, 0.25) is 0 Å². The summed E-state index contributed by atoms with van der Waals surface area (Å²) in [6.07, 6.45) is 6.22. The smallest absolute Gasteiger partial charge is 0.276 e. The predicted octanol–water partition coefficient (Wildman–Crippen LogP) is 3.55. The molecule has 0 saturated heterocycles. The van der Waals surface area contributed by atoms with Crippen LogP contribution in [0.1, 0.15) is 52.3 Å². The molecule has 1 aliphatic heterocycles. The lowest BCUT2D eigenvalue weighted by Gasteiger charge is -2.36. The number of hydrogen-bond donors (Lipinski definition) is 1. The second-order valence-electron chi connectivity index (χ2n) is 8.40. The summed E-state index contributed by atoms with van der Waals surface area (Å²) >= 11 is 0. The Morgan fingerprint density at radius 2 is 1.86 bits per heavy atom. The first kappa shape index (κ1) is 18.3. The number of carbonyl (C=O) groups is 1. The zero-order chi connectivity index (χ0) is 20.0. The van der Waals surface area contributed by atoms with Gasteiger partial charge in [-0.25, -0.2) is 9.50 Å². The molecule has 6 heteroatoms. The standard InChI is InChI=1S/C23H27N5O/c1-15-12-16(2)28-22(24-15)14-21(26-28)23(29)25-19-7-6-17-8-10-27(20-4-3-5-20)11-9-18(17)13-19/h6-7,12-14,20H,3-5,8-11H2,1-2H3,(H,25,29). The van der Waals surface area contributed by atoms with Gasteiger partial charge in [-0.3, -0.25) is 9.69 Å². The van der Waals surface area contributed by atoms with Crippen molar-refractivity contribution in [1.29, 1.82) is 0 Å². The summed E-state index contributed by atoms with van der Waals surface area (Å²) < 4.78 is 1.72. The van der Waals surface area contributed by atoms with Crippen molar-refractivity contribution in [2.75, 3.05) is 18.4 Å². The maximum absolute atomic E-state index is 12.8. The summed E-state index contributed by atoms with van der Waals surface area (Å²) in [7, 11) is 0. The van der Waals surface area contributed by atoms with Crippen molar-refractivity contribution in [2.45, 2.75) is 52.0 Å². The molecule has 1 fully saturated rings. The molecular formula is C23H27N5O. The van der Waals surface area contributed by atoms with E-state index in [1.165, 1.54) is 30.4 Å². The van der Waals surface area contributed by atoms with Gasteiger partial charge in [0.25, 0.3) is 5.91 Å². The second-order valence-corrected chi connectivity index (χ2v) is 8.40. The molecule has 29 heavy (non-hydrogen) atoms. The van der Waals surface area contributed by atoms with Crippen LogP contribution in [-0.2, 0) is 12.8 Å². The highest BCUT2D eigenvalue weighted by atomic mass is 16.1. The van der Waals surface area contributed by atoms with Crippen molar-refractivity contribution < 1.29 is 4.79 Å². The van der Waals surface area contributed by atoms with Crippen LogP contribution >= 0.6 is 0 Å². The molecule has 0 bridgehead atoms. The van der Waals surface area contributed by atoms with E-state index in [1.807, 2.05) is 26.0 Å². The molecule has 1 aromatic carbocycles. The number of aromatic nitrogens is 3. The summed E-state index contributed by atoms with van der Waals surface area (Å²) in [6, 6.07) is 10.8. The first-order chi connectivity index (χ1) is 14.1. The Hall–Kier alpha value is -2.73. The van der Waals surface area contributed by atoms with E-state index < -0.39 is 0 Å². The number of carbonyl (C=O) groups excluding carboxylic acids is 1. The van der Waals surface area contributed by atoms with Gasteiger partial charge in [-0.1, -0.05) is 12.5 Å². The molecule has 0 unspecified atom stereocenters. The number of benzene rings is 1. The molecule has 1 aliphatic carbocycles. The van der Waals surface area contributed by atoms with Crippen molar-refractivity contribution >= 4 is 17.2 Å². The summed E-state index contributed by atoms with van der Waals surface area (Å²) in [5, 5.41) is 7.46. The zero-order valence-electron chi connectivity index (χ0n) is 17.1. The average molecular weight is 390 g/mol. The Bertz CT molecular complexity index is 1080. The van der Waals surface area contributed by atoms with Crippen molar-refractivity contribution in [2.24, 2.45) is 0 Å². The number of fused-ring (bicyclic) bond motifs is 2.